The van der Waals surface area contributed by atoms with Gasteiger partial charge >= 0.3 is 0 Å². The fourth-order valence-electron chi connectivity index (χ4n) is 3.87. The Bertz CT molecular complexity index is 574. The number of aromatic nitrogens is 2. The first-order valence-corrected chi connectivity index (χ1v) is 8.58. The first-order valence-electron chi connectivity index (χ1n) is 7.59. The van der Waals surface area contributed by atoms with E-state index in [4.69, 9.17) is 0 Å². The van der Waals surface area contributed by atoms with Gasteiger partial charge in [0.1, 0.15) is 0 Å². The highest BCUT2D eigenvalue weighted by Crippen LogP contribution is 2.49. The van der Waals surface area contributed by atoms with Crippen molar-refractivity contribution in [1.29, 1.82) is 0 Å². The molecule has 2 fully saturated rings. The van der Waals surface area contributed by atoms with E-state index >= 15 is 0 Å². The summed E-state index contributed by atoms with van der Waals surface area (Å²) in [7, 11) is 0. The molecule has 2 aliphatic carbocycles. The fraction of sp³-hybridized carbons (Fsp3) is 0.667. The van der Waals surface area contributed by atoms with Crippen molar-refractivity contribution in [3.63, 3.8) is 0 Å². The summed E-state index contributed by atoms with van der Waals surface area (Å²) < 4.78 is 0. The average Bonchev–Trinajstić information content (AvgIpc) is 3.08. The first kappa shape index (κ1) is 14.6. The van der Waals surface area contributed by atoms with Crippen LogP contribution in [0.5, 0.6) is 0 Å². The van der Waals surface area contributed by atoms with E-state index in [-0.39, 0.29) is 23.3 Å². The third-order valence-corrected chi connectivity index (χ3v) is 5.70. The van der Waals surface area contributed by atoms with Crippen molar-refractivity contribution in [2.75, 3.05) is 5.75 Å². The third-order valence-electron chi connectivity index (χ3n) is 4.81. The van der Waals surface area contributed by atoms with Gasteiger partial charge in [-0.25, -0.2) is 4.98 Å². The van der Waals surface area contributed by atoms with Crippen molar-refractivity contribution in [1.82, 2.24) is 15.3 Å². The van der Waals surface area contributed by atoms with Gasteiger partial charge < -0.3 is 10.3 Å². The van der Waals surface area contributed by atoms with Gasteiger partial charge in [-0.05, 0) is 43.9 Å². The zero-order chi connectivity index (χ0) is 14.8. The number of nitrogens with one attached hydrogen (secondary N) is 2. The predicted octanol–water partition coefficient (Wildman–Crippen LogP) is 1.80. The Kier molecular flexibility index (Phi) is 4.33. The van der Waals surface area contributed by atoms with Gasteiger partial charge in [0.25, 0.3) is 5.56 Å². The molecule has 1 aromatic heterocycles. The summed E-state index contributed by atoms with van der Waals surface area (Å²) in [6.45, 7) is 2.12. The molecular formula is C15H21N3O2S. The molecule has 2 bridgehead atoms. The number of amides is 1. The van der Waals surface area contributed by atoms with Gasteiger partial charge in [0.15, 0.2) is 5.16 Å². The highest BCUT2D eigenvalue weighted by atomic mass is 32.2. The standard InChI is InChI=1S/C15H21N3O2S/c1-9(12-7-10-2-3-11(12)6-10)17-14(20)8-21-15-16-5-4-13(19)18-15/h4-5,9-12H,2-3,6-8H2,1H3,(H,17,20)(H,16,18,19)/t9-,10-,11+,12-/m1/s1. The molecule has 2 N–H and O–H groups in total. The number of fused-ring (bicyclic) bond motifs is 2. The van der Waals surface area contributed by atoms with Crippen molar-refractivity contribution < 1.29 is 4.79 Å². The van der Waals surface area contributed by atoms with E-state index in [1.165, 1.54) is 49.7 Å². The molecule has 2 saturated carbocycles. The van der Waals surface area contributed by atoms with E-state index in [1.807, 2.05) is 0 Å². The van der Waals surface area contributed by atoms with Crippen molar-refractivity contribution in [2.24, 2.45) is 17.8 Å². The monoisotopic (exact) mass is 307 g/mol. The Morgan fingerprint density at radius 3 is 3.05 bits per heavy atom. The number of hydrogen-bond acceptors (Lipinski definition) is 4. The number of rotatable bonds is 5. The Balaban J connectivity index is 1.47. The van der Waals surface area contributed by atoms with Crippen LogP contribution < -0.4 is 10.9 Å². The van der Waals surface area contributed by atoms with Gasteiger partial charge in [0.2, 0.25) is 5.91 Å². The minimum Gasteiger partial charge on any atom is -0.353 e. The lowest BCUT2D eigenvalue weighted by Crippen LogP contribution is -2.40. The Morgan fingerprint density at radius 1 is 1.52 bits per heavy atom. The van der Waals surface area contributed by atoms with E-state index in [0.29, 0.717) is 11.1 Å². The lowest BCUT2D eigenvalue weighted by atomic mass is 9.84. The number of thioether (sulfide) groups is 1. The van der Waals surface area contributed by atoms with Gasteiger partial charge in [0.05, 0.1) is 5.75 Å². The minimum absolute atomic E-state index is 0.0155. The Hall–Kier alpha value is -1.30. The van der Waals surface area contributed by atoms with Crippen LogP contribution in [0.2, 0.25) is 0 Å². The number of hydrogen-bond donors (Lipinski definition) is 2. The lowest BCUT2D eigenvalue weighted by Gasteiger charge is -2.28. The zero-order valence-corrected chi connectivity index (χ0v) is 13.0. The summed E-state index contributed by atoms with van der Waals surface area (Å²) in [5.74, 6) is 2.66. The van der Waals surface area contributed by atoms with Gasteiger partial charge in [-0.3, -0.25) is 9.59 Å². The Labute approximate surface area is 128 Å². The molecule has 0 saturated heterocycles. The van der Waals surface area contributed by atoms with Crippen LogP contribution in [0.15, 0.2) is 22.2 Å². The molecule has 1 aromatic rings. The molecule has 0 aliphatic heterocycles. The summed E-state index contributed by atoms with van der Waals surface area (Å²) in [4.78, 5) is 29.8. The maximum Gasteiger partial charge on any atom is 0.251 e. The highest BCUT2D eigenvalue weighted by Gasteiger charge is 2.42. The molecule has 3 rings (SSSR count). The molecular weight excluding hydrogens is 286 g/mol. The van der Waals surface area contributed by atoms with Crippen LogP contribution in [0, 0.1) is 17.8 Å². The molecule has 0 aromatic carbocycles. The molecule has 6 heteroatoms. The SMILES string of the molecule is C[C@@H](NC(=O)CSc1nccc(=O)[nH]1)[C@H]1C[C@@H]2CC[C@H]1C2. The van der Waals surface area contributed by atoms with E-state index in [9.17, 15) is 9.59 Å². The summed E-state index contributed by atoms with van der Waals surface area (Å²) in [6.07, 6.45) is 6.79. The normalized spacial score (nSPS) is 28.5. The Morgan fingerprint density at radius 2 is 2.38 bits per heavy atom. The van der Waals surface area contributed by atoms with Crippen molar-refractivity contribution in [3.8, 4) is 0 Å². The maximum absolute atomic E-state index is 12.0. The first-order chi connectivity index (χ1) is 10.1. The highest BCUT2D eigenvalue weighted by molar-refractivity contribution is 7.99. The molecule has 5 nitrogen and oxygen atoms in total. The molecule has 1 heterocycles. The van der Waals surface area contributed by atoms with Crippen LogP contribution in [0.4, 0.5) is 0 Å². The fourth-order valence-corrected chi connectivity index (χ4v) is 4.53. The van der Waals surface area contributed by atoms with E-state index in [0.717, 1.165) is 11.8 Å². The summed E-state index contributed by atoms with van der Waals surface area (Å²) in [6, 6.07) is 1.61. The molecule has 4 atom stereocenters. The second-order valence-electron chi connectivity index (χ2n) is 6.22. The van der Waals surface area contributed by atoms with Crippen molar-refractivity contribution >= 4 is 17.7 Å². The third kappa shape index (κ3) is 3.48. The number of carbonyl (C=O) groups is 1. The second-order valence-corrected chi connectivity index (χ2v) is 7.19. The summed E-state index contributed by atoms with van der Waals surface area (Å²) in [5, 5.41) is 3.60. The molecule has 1 amide bonds. The molecule has 21 heavy (non-hydrogen) atoms. The van der Waals surface area contributed by atoms with E-state index in [2.05, 4.69) is 22.2 Å². The van der Waals surface area contributed by atoms with Crippen LogP contribution in [0.25, 0.3) is 0 Å². The van der Waals surface area contributed by atoms with Crippen LogP contribution >= 0.6 is 11.8 Å². The predicted molar refractivity (Wildman–Crippen MR) is 82.1 cm³/mol. The van der Waals surface area contributed by atoms with Crippen LogP contribution in [-0.2, 0) is 4.79 Å². The smallest absolute Gasteiger partial charge is 0.251 e. The number of H-pyrrole nitrogens is 1. The number of carbonyl (C=O) groups excluding carboxylic acids is 1. The van der Waals surface area contributed by atoms with Crippen LogP contribution in [-0.4, -0.2) is 27.7 Å². The molecule has 2 aliphatic rings. The molecule has 0 spiro atoms. The summed E-state index contributed by atoms with van der Waals surface area (Å²) >= 11 is 1.26. The zero-order valence-electron chi connectivity index (χ0n) is 12.2. The minimum atomic E-state index is -0.191. The van der Waals surface area contributed by atoms with Crippen LogP contribution in [0.3, 0.4) is 0 Å². The average molecular weight is 307 g/mol. The van der Waals surface area contributed by atoms with Gasteiger partial charge in [-0.1, -0.05) is 18.2 Å². The van der Waals surface area contributed by atoms with Gasteiger partial charge in [0, 0.05) is 18.3 Å². The van der Waals surface area contributed by atoms with E-state index in [1.54, 1.807) is 0 Å². The number of nitrogens with zero attached hydrogens (tertiary/aromatic N) is 1. The lowest BCUT2D eigenvalue weighted by molar-refractivity contribution is -0.119. The van der Waals surface area contributed by atoms with Gasteiger partial charge in [-0.15, -0.1) is 0 Å². The quantitative estimate of drug-likeness (QED) is 0.642. The topological polar surface area (TPSA) is 74.8 Å². The second kappa shape index (κ2) is 6.22. The molecule has 114 valence electrons. The number of aromatic amines is 1. The largest absolute Gasteiger partial charge is 0.353 e. The van der Waals surface area contributed by atoms with Gasteiger partial charge in [-0.2, -0.15) is 0 Å². The molecule has 0 radical (unpaired) electrons. The van der Waals surface area contributed by atoms with Crippen molar-refractivity contribution in [3.05, 3.63) is 22.6 Å². The molecule has 0 unspecified atom stereocenters. The maximum atomic E-state index is 12.0. The van der Waals surface area contributed by atoms with Crippen LogP contribution in [0.1, 0.15) is 32.6 Å². The van der Waals surface area contributed by atoms with Crippen molar-refractivity contribution in [2.45, 2.75) is 43.8 Å². The van der Waals surface area contributed by atoms with E-state index < -0.39 is 0 Å². The summed E-state index contributed by atoms with van der Waals surface area (Å²) in [5.41, 5.74) is -0.191.